The van der Waals surface area contributed by atoms with Gasteiger partial charge in [0, 0.05) is 18.5 Å². The van der Waals surface area contributed by atoms with Gasteiger partial charge in [-0.1, -0.05) is 58.0 Å². The van der Waals surface area contributed by atoms with Gasteiger partial charge >= 0.3 is 0 Å². The molecule has 1 fully saturated rings. The zero-order chi connectivity index (χ0) is 15.7. The quantitative estimate of drug-likeness (QED) is 0.906. The van der Waals surface area contributed by atoms with Crippen LogP contribution in [0.3, 0.4) is 0 Å². The van der Waals surface area contributed by atoms with Crippen LogP contribution in [0.5, 0.6) is 0 Å². The van der Waals surface area contributed by atoms with Gasteiger partial charge in [-0.3, -0.25) is 4.79 Å². The van der Waals surface area contributed by atoms with Crippen molar-refractivity contribution in [3.8, 4) is 0 Å². The molecule has 1 aliphatic heterocycles. The van der Waals surface area contributed by atoms with Crippen molar-refractivity contribution in [1.29, 1.82) is 0 Å². The molecule has 1 aromatic carbocycles. The Bertz CT molecular complexity index is 498. The van der Waals surface area contributed by atoms with Gasteiger partial charge in [0.05, 0.1) is 6.04 Å². The third-order valence-corrected chi connectivity index (χ3v) is 4.68. The van der Waals surface area contributed by atoms with Crippen LogP contribution in [0.2, 0.25) is 0 Å². The number of nitrogens with zero attached hydrogens (tertiary/aromatic N) is 1. The molecule has 0 aromatic heterocycles. The van der Waals surface area contributed by atoms with Gasteiger partial charge in [0.15, 0.2) is 0 Å². The van der Waals surface area contributed by atoms with Crippen LogP contribution in [0.25, 0.3) is 0 Å². The average molecular weight is 325 g/mol. The maximum absolute atomic E-state index is 12.7. The fourth-order valence-electron chi connectivity index (χ4n) is 3.07. The van der Waals surface area contributed by atoms with Crippen LogP contribution in [0, 0.1) is 5.41 Å². The number of benzene rings is 1. The second kappa shape index (κ2) is 7.01. The number of piperidine rings is 1. The van der Waals surface area contributed by atoms with E-state index in [9.17, 15) is 4.79 Å². The van der Waals surface area contributed by atoms with Gasteiger partial charge in [0.2, 0.25) is 5.91 Å². The molecular formula is C18H29ClN2O. The lowest BCUT2D eigenvalue weighted by Gasteiger charge is -2.43. The molecule has 1 saturated heterocycles. The molecule has 2 N–H and O–H groups in total. The van der Waals surface area contributed by atoms with Gasteiger partial charge in [0.1, 0.15) is 0 Å². The number of halogens is 1. The molecule has 1 aromatic rings. The fraction of sp³-hybridized carbons (Fsp3) is 0.611. The third-order valence-electron chi connectivity index (χ3n) is 4.68. The molecule has 0 saturated carbocycles. The predicted octanol–water partition coefficient (Wildman–Crippen LogP) is 3.36. The summed E-state index contributed by atoms with van der Waals surface area (Å²) in [5.41, 5.74) is 7.31. The van der Waals surface area contributed by atoms with E-state index in [4.69, 9.17) is 5.73 Å². The molecule has 22 heavy (non-hydrogen) atoms. The van der Waals surface area contributed by atoms with E-state index >= 15 is 0 Å². The van der Waals surface area contributed by atoms with Crippen LogP contribution in [0.15, 0.2) is 30.3 Å². The van der Waals surface area contributed by atoms with Crippen molar-refractivity contribution in [2.45, 2.75) is 52.0 Å². The molecule has 1 unspecified atom stereocenters. The lowest BCUT2D eigenvalue weighted by Crippen LogP contribution is -2.55. The first-order valence-electron chi connectivity index (χ1n) is 7.84. The summed E-state index contributed by atoms with van der Waals surface area (Å²) < 4.78 is 0. The van der Waals surface area contributed by atoms with Crippen LogP contribution in [0.1, 0.15) is 46.1 Å². The second-order valence-corrected chi connectivity index (χ2v) is 7.63. The Morgan fingerprint density at radius 1 is 1.27 bits per heavy atom. The Kier molecular flexibility index (Phi) is 6.05. The monoisotopic (exact) mass is 324 g/mol. The van der Waals surface area contributed by atoms with E-state index in [0.29, 0.717) is 0 Å². The molecular weight excluding hydrogens is 296 g/mol. The number of amides is 1. The van der Waals surface area contributed by atoms with E-state index in [1.807, 2.05) is 31.7 Å². The van der Waals surface area contributed by atoms with E-state index in [2.05, 4.69) is 31.2 Å². The van der Waals surface area contributed by atoms with Gasteiger partial charge in [-0.25, -0.2) is 0 Å². The van der Waals surface area contributed by atoms with E-state index in [1.165, 1.54) is 5.56 Å². The molecule has 0 radical (unpaired) electrons. The van der Waals surface area contributed by atoms with E-state index in [0.717, 1.165) is 25.9 Å². The van der Waals surface area contributed by atoms with E-state index in [-0.39, 0.29) is 29.1 Å². The van der Waals surface area contributed by atoms with Gasteiger partial charge in [0.25, 0.3) is 0 Å². The van der Waals surface area contributed by atoms with Gasteiger partial charge < -0.3 is 10.6 Å². The molecule has 0 spiro atoms. The molecule has 2 rings (SSSR count). The Morgan fingerprint density at radius 3 is 2.41 bits per heavy atom. The molecule has 1 heterocycles. The second-order valence-electron chi connectivity index (χ2n) is 7.63. The SMILES string of the molecule is CC1(c2ccccc2)CCCN(C(=O)[C@@H](N)C(C)(C)C)C1.Cl. The minimum atomic E-state index is -0.435. The highest BCUT2D eigenvalue weighted by atomic mass is 35.5. The molecule has 0 bridgehead atoms. The standard InChI is InChI=1S/C18H28N2O.ClH/c1-17(2,3)15(19)16(21)20-12-8-11-18(4,13-20)14-9-6-5-7-10-14;/h5-7,9-10,15H,8,11-13,19H2,1-4H3;1H/t15-,18?;/m1./s1. The summed E-state index contributed by atoms with van der Waals surface area (Å²) in [6.45, 7) is 9.91. The van der Waals surface area contributed by atoms with E-state index < -0.39 is 6.04 Å². The highest BCUT2D eigenvalue weighted by Gasteiger charge is 2.38. The lowest BCUT2D eigenvalue weighted by atomic mass is 9.75. The Morgan fingerprint density at radius 2 is 1.86 bits per heavy atom. The number of carbonyl (C=O) groups excluding carboxylic acids is 1. The van der Waals surface area contributed by atoms with Crippen LogP contribution >= 0.6 is 12.4 Å². The molecule has 124 valence electrons. The number of likely N-dealkylation sites (tertiary alicyclic amines) is 1. The maximum atomic E-state index is 12.7. The largest absolute Gasteiger partial charge is 0.340 e. The smallest absolute Gasteiger partial charge is 0.240 e. The van der Waals surface area contributed by atoms with Gasteiger partial charge in [-0.15, -0.1) is 12.4 Å². The summed E-state index contributed by atoms with van der Waals surface area (Å²) in [6, 6.07) is 10.1. The number of hydrogen-bond donors (Lipinski definition) is 1. The summed E-state index contributed by atoms with van der Waals surface area (Å²) >= 11 is 0. The Labute approximate surface area is 140 Å². The number of carbonyl (C=O) groups is 1. The zero-order valence-corrected chi connectivity index (χ0v) is 15.0. The average Bonchev–Trinajstić information content (AvgIpc) is 2.46. The molecule has 0 aliphatic carbocycles. The summed E-state index contributed by atoms with van der Waals surface area (Å²) in [7, 11) is 0. The van der Waals surface area contributed by atoms with Crippen molar-refractivity contribution in [3.63, 3.8) is 0 Å². The first kappa shape index (κ1) is 19.0. The number of hydrogen-bond acceptors (Lipinski definition) is 2. The predicted molar refractivity (Wildman–Crippen MR) is 94.3 cm³/mol. The van der Waals surface area contributed by atoms with E-state index in [1.54, 1.807) is 0 Å². The highest BCUT2D eigenvalue weighted by Crippen LogP contribution is 2.34. The van der Waals surface area contributed by atoms with Crippen molar-refractivity contribution < 1.29 is 4.79 Å². The molecule has 3 nitrogen and oxygen atoms in total. The normalized spacial score (nSPS) is 23.6. The van der Waals surface area contributed by atoms with Crippen LogP contribution in [-0.2, 0) is 10.2 Å². The minimum absolute atomic E-state index is 0. The van der Waals surface area contributed by atoms with Crippen LogP contribution in [0.4, 0.5) is 0 Å². The number of rotatable bonds is 2. The summed E-state index contributed by atoms with van der Waals surface area (Å²) in [4.78, 5) is 14.6. The Balaban J connectivity index is 0.00000242. The molecule has 4 heteroatoms. The van der Waals surface area contributed by atoms with Gasteiger partial charge in [-0.2, -0.15) is 0 Å². The van der Waals surface area contributed by atoms with Crippen molar-refractivity contribution >= 4 is 18.3 Å². The lowest BCUT2D eigenvalue weighted by molar-refractivity contribution is -0.137. The topological polar surface area (TPSA) is 46.3 Å². The molecule has 2 atom stereocenters. The Hall–Kier alpha value is -1.06. The van der Waals surface area contributed by atoms with Crippen LogP contribution in [-0.4, -0.2) is 29.9 Å². The van der Waals surface area contributed by atoms with Crippen molar-refractivity contribution in [3.05, 3.63) is 35.9 Å². The molecule has 1 amide bonds. The summed E-state index contributed by atoms with van der Waals surface area (Å²) in [5.74, 6) is 0.0874. The van der Waals surface area contributed by atoms with Gasteiger partial charge in [-0.05, 0) is 23.8 Å². The minimum Gasteiger partial charge on any atom is -0.340 e. The summed E-state index contributed by atoms with van der Waals surface area (Å²) in [5, 5.41) is 0. The first-order chi connectivity index (χ1) is 9.74. The third kappa shape index (κ3) is 4.02. The maximum Gasteiger partial charge on any atom is 0.240 e. The highest BCUT2D eigenvalue weighted by molar-refractivity contribution is 5.85. The fourth-order valence-corrected chi connectivity index (χ4v) is 3.07. The van der Waals surface area contributed by atoms with Crippen molar-refractivity contribution in [2.75, 3.05) is 13.1 Å². The van der Waals surface area contributed by atoms with Crippen molar-refractivity contribution in [2.24, 2.45) is 11.1 Å². The summed E-state index contributed by atoms with van der Waals surface area (Å²) in [6.07, 6.45) is 2.15. The molecule has 1 aliphatic rings. The van der Waals surface area contributed by atoms with Crippen LogP contribution < -0.4 is 5.73 Å². The van der Waals surface area contributed by atoms with Crippen molar-refractivity contribution in [1.82, 2.24) is 4.90 Å². The number of nitrogens with two attached hydrogens (primary N) is 1. The first-order valence-corrected chi connectivity index (χ1v) is 7.84. The zero-order valence-electron chi connectivity index (χ0n) is 14.1.